The number of ether oxygens (including phenoxy) is 5. The first-order valence-electron chi connectivity index (χ1n) is 20.0. The minimum atomic E-state index is -3.16. The van der Waals surface area contributed by atoms with Crippen molar-refractivity contribution in [1.29, 1.82) is 0 Å². The van der Waals surface area contributed by atoms with E-state index in [9.17, 15) is 14.3 Å². The summed E-state index contributed by atoms with van der Waals surface area (Å²) in [5.74, 6) is 1.56. The van der Waals surface area contributed by atoms with Gasteiger partial charge in [0.05, 0.1) is 27.2 Å². The van der Waals surface area contributed by atoms with Crippen LogP contribution in [0.4, 0.5) is 5.82 Å². The molecule has 3 heterocycles. The maximum atomic E-state index is 13.0. The first-order chi connectivity index (χ1) is 29.7. The molecule has 4 aromatic carbocycles. The zero-order valence-electron chi connectivity index (χ0n) is 35.6. The lowest BCUT2D eigenvalue weighted by Crippen LogP contribution is -2.50. The van der Waals surface area contributed by atoms with Gasteiger partial charge in [0.1, 0.15) is 41.4 Å². The monoisotopic (exact) mass is 880 g/mol. The minimum Gasteiger partial charge on any atom is -0.497 e. The van der Waals surface area contributed by atoms with Gasteiger partial charge >= 0.3 is 8.25 Å². The van der Waals surface area contributed by atoms with E-state index in [0.29, 0.717) is 17.2 Å². The molecule has 15 nitrogen and oxygen atoms in total. The molecule has 7 rings (SSSR count). The van der Waals surface area contributed by atoms with Crippen molar-refractivity contribution in [3.63, 3.8) is 0 Å². The van der Waals surface area contributed by atoms with Crippen LogP contribution < -0.4 is 19.5 Å². The van der Waals surface area contributed by atoms with E-state index in [4.69, 9.17) is 32.6 Å². The van der Waals surface area contributed by atoms with Crippen molar-refractivity contribution in [2.24, 2.45) is 0 Å². The highest BCUT2D eigenvalue weighted by molar-refractivity contribution is 7.32. The highest BCUT2D eigenvalue weighted by atomic mass is 31.1. The van der Waals surface area contributed by atoms with Crippen molar-refractivity contribution in [2.75, 3.05) is 32.8 Å². The van der Waals surface area contributed by atoms with Gasteiger partial charge in [0.2, 0.25) is 0 Å². The summed E-state index contributed by atoms with van der Waals surface area (Å²) in [5.41, 5.74) is 1.75. The number of para-hydroxylation sites is 1. The molecule has 0 bridgehead atoms. The summed E-state index contributed by atoms with van der Waals surface area (Å²) in [5, 5.41) is 2.49. The van der Waals surface area contributed by atoms with Gasteiger partial charge in [-0.2, -0.15) is 0 Å². The van der Waals surface area contributed by atoms with E-state index in [1.54, 1.807) is 30.9 Å². The second-order valence-corrected chi connectivity index (χ2v) is 21.7. The summed E-state index contributed by atoms with van der Waals surface area (Å²) in [7, 11) is -2.58. The Hall–Kier alpha value is -5.58. The van der Waals surface area contributed by atoms with Crippen molar-refractivity contribution in [3.05, 3.63) is 139 Å². The summed E-state index contributed by atoms with van der Waals surface area (Å²) >= 11 is 0. The topological polar surface area (TPSA) is 175 Å². The molecule has 2 aromatic heterocycles. The summed E-state index contributed by atoms with van der Waals surface area (Å²) in [4.78, 5) is 36.8. The van der Waals surface area contributed by atoms with Crippen molar-refractivity contribution < 1.29 is 46.9 Å². The summed E-state index contributed by atoms with van der Waals surface area (Å²) < 4.78 is 58.2. The van der Waals surface area contributed by atoms with Gasteiger partial charge in [-0.3, -0.25) is 9.36 Å². The lowest BCUT2D eigenvalue weighted by atomic mass is 9.80. The Kier molecular flexibility index (Phi) is 13.5. The van der Waals surface area contributed by atoms with Gasteiger partial charge in [-0.15, -0.1) is 9.42 Å². The molecule has 0 radical (unpaired) electrons. The number of methoxy groups -OCH3 is 2. The third-order valence-electron chi connectivity index (χ3n) is 11.4. The van der Waals surface area contributed by atoms with E-state index in [1.807, 2.05) is 97.1 Å². The minimum absolute atomic E-state index is 0.0743. The number of benzene rings is 4. The maximum absolute atomic E-state index is 13.0. The zero-order valence-corrected chi connectivity index (χ0v) is 37.5. The van der Waals surface area contributed by atoms with Crippen molar-refractivity contribution in [3.8, 4) is 17.2 Å². The van der Waals surface area contributed by atoms with Gasteiger partial charge in [0.15, 0.2) is 44.2 Å². The van der Waals surface area contributed by atoms with Crippen LogP contribution in [0.5, 0.6) is 17.2 Å². The Labute approximate surface area is 362 Å². The number of nitrogens with one attached hydrogen (secondary N) is 1. The van der Waals surface area contributed by atoms with Crippen LogP contribution in [0.1, 0.15) is 43.7 Å². The number of amides is 1. The number of hydrogen-bond acceptors (Lipinski definition) is 12. The fourth-order valence-corrected chi connectivity index (χ4v) is 8.94. The third-order valence-corrected chi connectivity index (χ3v) is 16.3. The standard InChI is InChI=1S/C45H50N5O10PSi/c1-44(2,3)62(6,7)60-39-36(26-57-45(30-14-10-8-11-15-30,31-18-22-33(54-4)23-19-31)32-20-24-34(55-5)25-21-32)58-43(40(39)59-61(52)53)50-29-48-38-41(46-28-47-42(38)50)49-37(51)27-56-35-16-12-9-13-17-35/h8-25,28-29,36,39-40,43H,26-27H2,1-7H3,(H-,46,47,49,51,52,53)/p+1/t36-,39-,40-,43-/m1/s1. The van der Waals surface area contributed by atoms with E-state index in [2.05, 4.69) is 54.1 Å². The van der Waals surface area contributed by atoms with Crippen LogP contribution in [0.3, 0.4) is 0 Å². The van der Waals surface area contributed by atoms with Gasteiger partial charge < -0.3 is 33.4 Å². The smallest absolute Gasteiger partial charge is 0.497 e. The van der Waals surface area contributed by atoms with Gasteiger partial charge in [-0.1, -0.05) is 93.6 Å². The Morgan fingerprint density at radius 2 is 1.39 bits per heavy atom. The molecule has 1 aliphatic heterocycles. The quantitative estimate of drug-likeness (QED) is 0.0510. The van der Waals surface area contributed by atoms with Crippen molar-refractivity contribution in [2.45, 2.75) is 69.0 Å². The predicted octanol–water partition coefficient (Wildman–Crippen LogP) is 8.19. The SMILES string of the molecule is COc1ccc(C(OC[C@H]2O[C@@H](n3cnc4c(NC(=O)COc5ccccc5)ncnc43)[C@H](O[P+](=O)O)[C@@H]2O[Si](C)(C)C(C)(C)C)(c2ccccc2)c2ccc(OC)cc2)cc1. The first-order valence-corrected chi connectivity index (χ1v) is 24.1. The van der Waals surface area contributed by atoms with Crippen LogP contribution in [-0.4, -0.2) is 84.4 Å². The summed E-state index contributed by atoms with van der Waals surface area (Å²) in [6, 6.07) is 34.2. The normalized spacial score (nSPS) is 18.4. The predicted molar refractivity (Wildman–Crippen MR) is 235 cm³/mol. The maximum Gasteiger partial charge on any atom is 0.695 e. The number of carbonyl (C=O) groups is 1. The second kappa shape index (κ2) is 18.8. The molecule has 1 fully saturated rings. The third kappa shape index (κ3) is 9.42. The van der Waals surface area contributed by atoms with Gasteiger partial charge in [-0.05, 0) is 71.2 Å². The number of fused-ring (bicyclic) bond motifs is 1. The molecular weight excluding hydrogens is 830 g/mol. The summed E-state index contributed by atoms with van der Waals surface area (Å²) in [6.07, 6.45) is -1.28. The summed E-state index contributed by atoms with van der Waals surface area (Å²) in [6.45, 7) is 10.2. The molecule has 324 valence electrons. The number of anilines is 1. The van der Waals surface area contributed by atoms with Crippen LogP contribution in [0.2, 0.25) is 18.1 Å². The van der Waals surface area contributed by atoms with Crippen LogP contribution in [0, 0.1) is 0 Å². The molecule has 0 saturated carbocycles. The highest BCUT2D eigenvalue weighted by Gasteiger charge is 2.56. The lowest BCUT2D eigenvalue weighted by molar-refractivity contribution is -0.118. The molecule has 17 heteroatoms. The molecule has 0 spiro atoms. The largest absolute Gasteiger partial charge is 0.695 e. The van der Waals surface area contributed by atoms with Crippen LogP contribution in [0.25, 0.3) is 11.2 Å². The number of nitrogens with zero attached hydrogens (tertiary/aromatic N) is 4. The Balaban J connectivity index is 1.29. The lowest BCUT2D eigenvalue weighted by Gasteiger charge is -2.41. The van der Waals surface area contributed by atoms with Crippen molar-refractivity contribution in [1.82, 2.24) is 19.5 Å². The molecule has 0 aliphatic carbocycles. The second-order valence-electron chi connectivity index (χ2n) is 16.2. The number of rotatable bonds is 17. The van der Waals surface area contributed by atoms with E-state index in [0.717, 1.165) is 16.7 Å². The fourth-order valence-electron chi connectivity index (χ4n) is 7.19. The number of aromatic nitrogens is 4. The number of hydrogen-bond donors (Lipinski definition) is 2. The zero-order chi connectivity index (χ0) is 44.1. The molecule has 1 aliphatic rings. The van der Waals surface area contributed by atoms with Crippen LogP contribution in [0.15, 0.2) is 122 Å². The molecule has 1 amide bonds. The average molecular weight is 881 g/mol. The Morgan fingerprint density at radius 1 is 0.806 bits per heavy atom. The van der Waals surface area contributed by atoms with E-state index in [1.165, 1.54) is 12.7 Å². The molecule has 5 atom stereocenters. The molecule has 1 saturated heterocycles. The Bertz CT molecular complexity index is 2400. The molecule has 2 N–H and O–H groups in total. The Morgan fingerprint density at radius 3 is 1.95 bits per heavy atom. The van der Waals surface area contributed by atoms with E-state index >= 15 is 0 Å². The highest BCUT2D eigenvalue weighted by Crippen LogP contribution is 2.47. The van der Waals surface area contributed by atoms with E-state index < -0.39 is 52.6 Å². The molecule has 6 aromatic rings. The fraction of sp³-hybridized carbons (Fsp3) is 0.333. The molecule has 62 heavy (non-hydrogen) atoms. The number of carbonyl (C=O) groups excluding carboxylic acids is 1. The van der Waals surface area contributed by atoms with E-state index in [-0.39, 0.29) is 35.2 Å². The van der Waals surface area contributed by atoms with Gasteiger partial charge in [0.25, 0.3) is 5.91 Å². The van der Waals surface area contributed by atoms with Gasteiger partial charge in [-0.25, -0.2) is 15.0 Å². The first kappa shape index (κ1) is 44.5. The number of imidazole rings is 1. The van der Waals surface area contributed by atoms with Crippen LogP contribution in [-0.2, 0) is 33.4 Å². The average Bonchev–Trinajstić information content (AvgIpc) is 3.84. The van der Waals surface area contributed by atoms with Crippen molar-refractivity contribution >= 4 is 39.5 Å². The van der Waals surface area contributed by atoms with Gasteiger partial charge in [0, 0.05) is 4.57 Å². The molecule has 1 unspecified atom stereocenters. The van der Waals surface area contributed by atoms with Crippen LogP contribution >= 0.6 is 8.25 Å². The molecular formula is C45H51N5O10PSi+.